The first-order valence-electron chi connectivity index (χ1n) is 5.73. The maximum atomic E-state index is 14.5. The van der Waals surface area contributed by atoms with Gasteiger partial charge in [0.1, 0.15) is 11.9 Å². The summed E-state index contributed by atoms with van der Waals surface area (Å²) in [7, 11) is 1.56. The molecule has 1 atom stereocenters. The SMILES string of the molecule is COc1ccccc1C(F)C1(N)CCCC1. The molecule has 16 heavy (non-hydrogen) atoms. The van der Waals surface area contributed by atoms with Crippen molar-refractivity contribution in [3.8, 4) is 5.75 Å². The van der Waals surface area contributed by atoms with Crippen LogP contribution in [-0.2, 0) is 0 Å². The minimum absolute atomic E-state index is 0.578. The normalized spacial score (nSPS) is 20.7. The van der Waals surface area contributed by atoms with Crippen LogP contribution in [0.5, 0.6) is 5.75 Å². The van der Waals surface area contributed by atoms with Gasteiger partial charge in [-0.25, -0.2) is 4.39 Å². The van der Waals surface area contributed by atoms with Gasteiger partial charge in [0.05, 0.1) is 12.6 Å². The molecule has 0 heterocycles. The summed E-state index contributed by atoms with van der Waals surface area (Å²) in [5.41, 5.74) is 6.01. The summed E-state index contributed by atoms with van der Waals surface area (Å²) in [6, 6.07) is 7.20. The number of benzene rings is 1. The highest BCUT2D eigenvalue weighted by Gasteiger charge is 2.40. The molecule has 0 amide bonds. The summed E-state index contributed by atoms with van der Waals surface area (Å²) in [5, 5.41) is 0. The van der Waals surface area contributed by atoms with Crippen LogP contribution < -0.4 is 10.5 Å². The van der Waals surface area contributed by atoms with Crippen LogP contribution in [0.3, 0.4) is 0 Å². The molecule has 1 aliphatic rings. The smallest absolute Gasteiger partial charge is 0.147 e. The van der Waals surface area contributed by atoms with E-state index in [1.165, 1.54) is 0 Å². The lowest BCUT2D eigenvalue weighted by Gasteiger charge is -2.29. The van der Waals surface area contributed by atoms with E-state index < -0.39 is 11.7 Å². The molecule has 2 rings (SSSR count). The van der Waals surface area contributed by atoms with Crippen LogP contribution in [0.1, 0.15) is 37.4 Å². The molecule has 2 N–H and O–H groups in total. The van der Waals surface area contributed by atoms with Gasteiger partial charge in [0.2, 0.25) is 0 Å². The van der Waals surface area contributed by atoms with Crippen molar-refractivity contribution in [1.82, 2.24) is 0 Å². The maximum absolute atomic E-state index is 14.5. The molecule has 1 unspecified atom stereocenters. The molecule has 1 fully saturated rings. The highest BCUT2D eigenvalue weighted by Crippen LogP contribution is 2.42. The average molecular weight is 223 g/mol. The highest BCUT2D eigenvalue weighted by atomic mass is 19.1. The fourth-order valence-electron chi connectivity index (χ4n) is 2.47. The van der Waals surface area contributed by atoms with Crippen LogP contribution in [0, 0.1) is 0 Å². The lowest BCUT2D eigenvalue weighted by molar-refractivity contribution is 0.190. The van der Waals surface area contributed by atoms with E-state index in [1.807, 2.05) is 12.1 Å². The molecule has 3 heteroatoms. The number of halogens is 1. The molecule has 1 aliphatic carbocycles. The Morgan fingerprint density at radius 2 is 1.94 bits per heavy atom. The lowest BCUT2D eigenvalue weighted by atomic mass is 9.88. The van der Waals surface area contributed by atoms with E-state index in [4.69, 9.17) is 10.5 Å². The number of para-hydroxylation sites is 1. The van der Waals surface area contributed by atoms with E-state index in [9.17, 15) is 4.39 Å². The third-order valence-electron chi connectivity index (χ3n) is 3.45. The zero-order valence-corrected chi connectivity index (χ0v) is 9.58. The molecule has 1 aromatic carbocycles. The Labute approximate surface area is 95.6 Å². The van der Waals surface area contributed by atoms with Crippen molar-refractivity contribution in [3.63, 3.8) is 0 Å². The first kappa shape index (κ1) is 11.4. The molecule has 88 valence electrons. The average Bonchev–Trinajstić information content (AvgIpc) is 2.76. The monoisotopic (exact) mass is 223 g/mol. The van der Waals surface area contributed by atoms with Gasteiger partial charge in [-0.05, 0) is 18.9 Å². The van der Waals surface area contributed by atoms with Gasteiger partial charge in [0, 0.05) is 5.56 Å². The number of rotatable bonds is 3. The van der Waals surface area contributed by atoms with Crippen LogP contribution in [0.4, 0.5) is 4.39 Å². The Bertz CT molecular complexity index is 361. The summed E-state index contributed by atoms with van der Waals surface area (Å²) < 4.78 is 19.6. The Hall–Kier alpha value is -1.09. The minimum Gasteiger partial charge on any atom is -0.496 e. The van der Waals surface area contributed by atoms with Crippen molar-refractivity contribution in [2.45, 2.75) is 37.4 Å². The first-order valence-corrected chi connectivity index (χ1v) is 5.73. The number of nitrogens with two attached hydrogens (primary N) is 1. The third kappa shape index (κ3) is 1.92. The van der Waals surface area contributed by atoms with Crippen molar-refractivity contribution >= 4 is 0 Å². The number of ether oxygens (including phenoxy) is 1. The molecule has 0 spiro atoms. The Kier molecular flexibility index (Phi) is 3.15. The second kappa shape index (κ2) is 4.42. The van der Waals surface area contributed by atoms with Crippen LogP contribution in [0.15, 0.2) is 24.3 Å². The molecule has 0 aromatic heterocycles. The Morgan fingerprint density at radius 3 is 2.56 bits per heavy atom. The predicted octanol–water partition coefficient (Wildman–Crippen LogP) is 2.98. The predicted molar refractivity (Wildman–Crippen MR) is 62.2 cm³/mol. The molecule has 0 radical (unpaired) electrons. The Morgan fingerprint density at radius 1 is 1.31 bits per heavy atom. The van der Waals surface area contributed by atoms with Crippen molar-refractivity contribution < 1.29 is 9.13 Å². The molecule has 0 aliphatic heterocycles. The van der Waals surface area contributed by atoms with Crippen molar-refractivity contribution in [1.29, 1.82) is 0 Å². The fraction of sp³-hybridized carbons (Fsp3) is 0.538. The van der Waals surface area contributed by atoms with Crippen LogP contribution in [-0.4, -0.2) is 12.6 Å². The summed E-state index contributed by atoms with van der Waals surface area (Å²) in [6.07, 6.45) is 2.42. The summed E-state index contributed by atoms with van der Waals surface area (Å²) in [5.74, 6) is 0.590. The molecular formula is C13H18FNO. The van der Waals surface area contributed by atoms with Crippen LogP contribution >= 0.6 is 0 Å². The van der Waals surface area contributed by atoms with E-state index in [-0.39, 0.29) is 0 Å². The van der Waals surface area contributed by atoms with Gasteiger partial charge in [-0.2, -0.15) is 0 Å². The van der Waals surface area contributed by atoms with Crippen molar-refractivity contribution in [2.24, 2.45) is 5.73 Å². The van der Waals surface area contributed by atoms with E-state index in [1.54, 1.807) is 19.2 Å². The van der Waals surface area contributed by atoms with E-state index in [0.29, 0.717) is 11.3 Å². The molecule has 1 aromatic rings. The van der Waals surface area contributed by atoms with Gasteiger partial charge in [-0.15, -0.1) is 0 Å². The lowest BCUT2D eigenvalue weighted by Crippen LogP contribution is -2.41. The van der Waals surface area contributed by atoms with Crippen LogP contribution in [0.2, 0.25) is 0 Å². The molecular weight excluding hydrogens is 205 g/mol. The Balaban J connectivity index is 2.29. The molecule has 0 bridgehead atoms. The van der Waals surface area contributed by atoms with E-state index in [2.05, 4.69) is 0 Å². The quantitative estimate of drug-likeness (QED) is 0.855. The van der Waals surface area contributed by atoms with Gasteiger partial charge < -0.3 is 10.5 Å². The van der Waals surface area contributed by atoms with Crippen LogP contribution in [0.25, 0.3) is 0 Å². The van der Waals surface area contributed by atoms with Gasteiger partial charge in [0.15, 0.2) is 0 Å². The van der Waals surface area contributed by atoms with Crippen molar-refractivity contribution in [2.75, 3.05) is 7.11 Å². The van der Waals surface area contributed by atoms with Gasteiger partial charge in [-0.1, -0.05) is 31.0 Å². The first-order chi connectivity index (χ1) is 7.67. The topological polar surface area (TPSA) is 35.2 Å². The summed E-state index contributed by atoms with van der Waals surface area (Å²) in [6.45, 7) is 0. The highest BCUT2D eigenvalue weighted by molar-refractivity contribution is 5.37. The summed E-state index contributed by atoms with van der Waals surface area (Å²) >= 11 is 0. The number of hydrogen-bond acceptors (Lipinski definition) is 2. The second-order valence-corrected chi connectivity index (χ2v) is 4.54. The van der Waals surface area contributed by atoms with Gasteiger partial charge in [-0.3, -0.25) is 0 Å². The maximum Gasteiger partial charge on any atom is 0.147 e. The number of alkyl halides is 1. The fourth-order valence-corrected chi connectivity index (χ4v) is 2.47. The van der Waals surface area contributed by atoms with Gasteiger partial charge >= 0.3 is 0 Å². The van der Waals surface area contributed by atoms with E-state index in [0.717, 1.165) is 25.7 Å². The standard InChI is InChI=1S/C13H18FNO/c1-16-11-7-3-2-6-10(11)12(14)13(15)8-4-5-9-13/h2-3,6-7,12H,4-5,8-9,15H2,1H3. The second-order valence-electron chi connectivity index (χ2n) is 4.54. The zero-order valence-electron chi connectivity index (χ0n) is 9.58. The molecule has 0 saturated heterocycles. The van der Waals surface area contributed by atoms with Gasteiger partial charge in [0.25, 0.3) is 0 Å². The molecule has 1 saturated carbocycles. The third-order valence-corrected chi connectivity index (χ3v) is 3.45. The molecule has 2 nitrogen and oxygen atoms in total. The van der Waals surface area contributed by atoms with Crippen molar-refractivity contribution in [3.05, 3.63) is 29.8 Å². The largest absolute Gasteiger partial charge is 0.496 e. The zero-order chi connectivity index (χ0) is 11.6. The summed E-state index contributed by atoms with van der Waals surface area (Å²) in [4.78, 5) is 0. The van der Waals surface area contributed by atoms with E-state index >= 15 is 0 Å². The minimum atomic E-state index is -1.13. The number of methoxy groups -OCH3 is 1. The number of hydrogen-bond donors (Lipinski definition) is 1.